The Labute approximate surface area is 175 Å². The van der Waals surface area contributed by atoms with Crippen LogP contribution >= 0.6 is 0 Å². The van der Waals surface area contributed by atoms with Crippen molar-refractivity contribution in [2.45, 2.75) is 61.9 Å². The average molecular weight is 412 g/mol. The first-order chi connectivity index (χ1) is 13.5. The molecule has 1 heterocycles. The van der Waals surface area contributed by atoms with Crippen LogP contribution in [0, 0.1) is 0 Å². The highest BCUT2D eigenvalue weighted by atomic mass is 32.2. The zero-order valence-electron chi connectivity index (χ0n) is 17.6. The lowest BCUT2D eigenvalue weighted by molar-refractivity contribution is 0.00578. The Balaban J connectivity index is 1.91. The summed E-state index contributed by atoms with van der Waals surface area (Å²) < 4.78 is 39.2. The van der Waals surface area contributed by atoms with Gasteiger partial charge in [0.05, 0.1) is 21.3 Å². The fourth-order valence-corrected chi connectivity index (χ4v) is 5.21. The van der Waals surface area contributed by atoms with E-state index in [0.29, 0.717) is 18.3 Å². The standard InChI is InChI=1S/C23H29BO4S/c1-18(24-27-22(2,3)23(4,5)28-24)21(17-16-19-12-8-6-9-13-19)29(25,26)20-14-10-7-11-15-20/h6-15,21H,1,16-17H2,2-5H3. The predicted octanol–water partition coefficient (Wildman–Crippen LogP) is 4.65. The van der Waals surface area contributed by atoms with Crippen LogP contribution in [0.2, 0.25) is 0 Å². The summed E-state index contributed by atoms with van der Waals surface area (Å²) in [5, 5.41) is -0.806. The molecule has 4 nitrogen and oxygen atoms in total. The minimum Gasteiger partial charge on any atom is -0.400 e. The van der Waals surface area contributed by atoms with Crippen molar-refractivity contribution in [3.63, 3.8) is 0 Å². The number of hydrogen-bond donors (Lipinski definition) is 0. The maximum atomic E-state index is 13.5. The first-order valence-corrected chi connectivity index (χ1v) is 11.5. The third kappa shape index (κ3) is 4.50. The summed E-state index contributed by atoms with van der Waals surface area (Å²) in [6.07, 6.45) is 1.03. The van der Waals surface area contributed by atoms with Gasteiger partial charge >= 0.3 is 7.12 Å². The summed E-state index contributed by atoms with van der Waals surface area (Å²) in [5.41, 5.74) is 0.424. The minimum atomic E-state index is -3.64. The van der Waals surface area contributed by atoms with Crippen LogP contribution in [0.3, 0.4) is 0 Å². The van der Waals surface area contributed by atoms with Crippen LogP contribution in [0.5, 0.6) is 0 Å². The highest BCUT2D eigenvalue weighted by Gasteiger charge is 2.54. The average Bonchev–Trinajstić information content (AvgIpc) is 2.90. The molecule has 29 heavy (non-hydrogen) atoms. The van der Waals surface area contributed by atoms with Crippen LogP contribution < -0.4 is 0 Å². The van der Waals surface area contributed by atoms with Gasteiger partial charge in [0.15, 0.2) is 9.84 Å². The number of sulfone groups is 1. The Hall–Kier alpha value is -1.89. The Morgan fingerprint density at radius 1 is 0.931 bits per heavy atom. The highest BCUT2D eigenvalue weighted by molar-refractivity contribution is 7.92. The largest absolute Gasteiger partial charge is 0.491 e. The Bertz CT molecular complexity index is 937. The Kier molecular flexibility index (Phi) is 6.09. The molecule has 0 N–H and O–H groups in total. The van der Waals surface area contributed by atoms with E-state index in [1.807, 2.05) is 58.0 Å². The van der Waals surface area contributed by atoms with Crippen molar-refractivity contribution in [2.24, 2.45) is 0 Å². The molecule has 1 fully saturated rings. The van der Waals surface area contributed by atoms with Crippen LogP contribution in [0.15, 0.2) is 77.6 Å². The fraction of sp³-hybridized carbons (Fsp3) is 0.391. The van der Waals surface area contributed by atoms with E-state index in [0.717, 1.165) is 5.56 Å². The molecule has 0 saturated carbocycles. The zero-order chi connectivity index (χ0) is 21.3. The van der Waals surface area contributed by atoms with Gasteiger partial charge in [-0.2, -0.15) is 0 Å². The van der Waals surface area contributed by atoms with E-state index >= 15 is 0 Å². The van der Waals surface area contributed by atoms with E-state index in [-0.39, 0.29) is 4.90 Å². The molecule has 0 aromatic heterocycles. The quantitative estimate of drug-likeness (QED) is 0.622. The first-order valence-electron chi connectivity index (χ1n) is 9.92. The summed E-state index contributed by atoms with van der Waals surface area (Å²) in [6, 6.07) is 18.4. The summed E-state index contributed by atoms with van der Waals surface area (Å²) in [6.45, 7) is 11.9. The molecule has 2 aromatic rings. The molecule has 0 bridgehead atoms. The van der Waals surface area contributed by atoms with Gasteiger partial charge < -0.3 is 9.31 Å². The Morgan fingerprint density at radius 2 is 1.41 bits per heavy atom. The molecule has 1 aliphatic rings. The van der Waals surface area contributed by atoms with Gasteiger partial charge in [-0.05, 0) is 63.7 Å². The van der Waals surface area contributed by atoms with E-state index < -0.39 is 33.4 Å². The molecule has 154 valence electrons. The van der Waals surface area contributed by atoms with E-state index in [2.05, 4.69) is 6.58 Å². The second-order valence-corrected chi connectivity index (χ2v) is 10.7. The van der Waals surface area contributed by atoms with Crippen molar-refractivity contribution in [1.29, 1.82) is 0 Å². The molecule has 2 aromatic carbocycles. The van der Waals surface area contributed by atoms with E-state index in [1.54, 1.807) is 30.3 Å². The lowest BCUT2D eigenvalue weighted by Crippen LogP contribution is -2.41. The number of hydrogen-bond acceptors (Lipinski definition) is 4. The molecule has 1 aliphatic heterocycles. The van der Waals surface area contributed by atoms with Gasteiger partial charge in [-0.15, -0.1) is 6.58 Å². The third-order valence-corrected chi connectivity index (χ3v) is 8.17. The molecule has 1 saturated heterocycles. The molecule has 1 atom stereocenters. The smallest absolute Gasteiger partial charge is 0.400 e. The van der Waals surface area contributed by atoms with Crippen molar-refractivity contribution in [1.82, 2.24) is 0 Å². The van der Waals surface area contributed by atoms with Crippen LogP contribution in [0.1, 0.15) is 39.7 Å². The summed E-state index contributed by atoms with van der Waals surface area (Å²) in [7, 11) is -4.41. The molecule has 0 amide bonds. The second-order valence-electron chi connectivity index (χ2n) is 8.53. The number of aryl methyl sites for hydroxylation is 1. The van der Waals surface area contributed by atoms with Crippen molar-refractivity contribution < 1.29 is 17.7 Å². The molecular weight excluding hydrogens is 383 g/mol. The Morgan fingerprint density at radius 3 is 1.93 bits per heavy atom. The van der Waals surface area contributed by atoms with E-state index in [1.165, 1.54) is 0 Å². The monoisotopic (exact) mass is 412 g/mol. The van der Waals surface area contributed by atoms with Gasteiger partial charge in [0.25, 0.3) is 0 Å². The van der Waals surface area contributed by atoms with Gasteiger partial charge in [-0.25, -0.2) is 8.42 Å². The SMILES string of the molecule is C=C(B1OC(C)(C)C(C)(C)O1)C(CCc1ccccc1)S(=O)(=O)c1ccccc1. The predicted molar refractivity (Wildman–Crippen MR) is 117 cm³/mol. The summed E-state index contributed by atoms with van der Waals surface area (Å²) in [4.78, 5) is 0.288. The molecule has 0 spiro atoms. The molecule has 0 radical (unpaired) electrons. The van der Waals surface area contributed by atoms with Gasteiger partial charge in [0.1, 0.15) is 0 Å². The number of benzene rings is 2. The van der Waals surface area contributed by atoms with Crippen LogP contribution in [-0.2, 0) is 25.6 Å². The fourth-order valence-electron chi connectivity index (χ4n) is 3.40. The maximum Gasteiger partial charge on any atom is 0.491 e. The van der Waals surface area contributed by atoms with Gasteiger partial charge in [0, 0.05) is 0 Å². The molecular formula is C23H29BO4S. The second kappa shape index (κ2) is 8.09. The van der Waals surface area contributed by atoms with E-state index in [9.17, 15) is 8.42 Å². The van der Waals surface area contributed by atoms with Gasteiger partial charge in [-0.1, -0.05) is 48.5 Å². The summed E-state index contributed by atoms with van der Waals surface area (Å²) in [5.74, 6) is 0. The lowest BCUT2D eigenvalue weighted by atomic mass is 9.76. The van der Waals surface area contributed by atoms with Crippen LogP contribution in [0.4, 0.5) is 0 Å². The normalized spacial score (nSPS) is 19.1. The maximum absolute atomic E-state index is 13.5. The lowest BCUT2D eigenvalue weighted by Gasteiger charge is -2.32. The van der Waals surface area contributed by atoms with Crippen LogP contribution in [0.25, 0.3) is 0 Å². The molecule has 6 heteroatoms. The number of rotatable bonds is 7. The summed E-state index contributed by atoms with van der Waals surface area (Å²) >= 11 is 0. The zero-order valence-corrected chi connectivity index (χ0v) is 18.4. The first kappa shape index (κ1) is 21.8. The minimum absolute atomic E-state index is 0.288. The highest BCUT2D eigenvalue weighted by Crippen LogP contribution is 2.40. The molecule has 3 rings (SSSR count). The van der Waals surface area contributed by atoms with Gasteiger partial charge in [0.2, 0.25) is 0 Å². The van der Waals surface area contributed by atoms with Crippen molar-refractivity contribution in [3.05, 3.63) is 78.3 Å². The third-order valence-electron chi connectivity index (χ3n) is 5.95. The van der Waals surface area contributed by atoms with Crippen molar-refractivity contribution >= 4 is 17.0 Å². The topological polar surface area (TPSA) is 52.6 Å². The van der Waals surface area contributed by atoms with Crippen molar-refractivity contribution in [2.75, 3.05) is 0 Å². The van der Waals surface area contributed by atoms with E-state index in [4.69, 9.17) is 9.31 Å². The van der Waals surface area contributed by atoms with Crippen molar-refractivity contribution in [3.8, 4) is 0 Å². The van der Waals surface area contributed by atoms with Gasteiger partial charge in [-0.3, -0.25) is 0 Å². The van der Waals surface area contributed by atoms with Crippen LogP contribution in [-0.4, -0.2) is 32.0 Å². The molecule has 0 aliphatic carbocycles. The molecule has 1 unspecified atom stereocenters.